The summed E-state index contributed by atoms with van der Waals surface area (Å²) in [5.41, 5.74) is 5.04. The summed E-state index contributed by atoms with van der Waals surface area (Å²) >= 11 is 0. The molecule has 1 rings (SSSR count). The van der Waals surface area contributed by atoms with Crippen molar-refractivity contribution in [3.8, 4) is 0 Å². The zero-order chi connectivity index (χ0) is 13.8. The van der Waals surface area contributed by atoms with Crippen LogP contribution in [0.1, 0.15) is 13.3 Å². The van der Waals surface area contributed by atoms with Gasteiger partial charge in [0, 0.05) is 32.7 Å². The van der Waals surface area contributed by atoms with Crippen LogP contribution in [0.25, 0.3) is 0 Å². The molecule has 7 heteroatoms. The van der Waals surface area contributed by atoms with Crippen LogP contribution < -0.4 is 5.73 Å². The van der Waals surface area contributed by atoms with Crippen LogP contribution in [0, 0.1) is 11.3 Å². The van der Waals surface area contributed by atoms with Gasteiger partial charge in [-0.1, -0.05) is 6.92 Å². The molecule has 0 amide bonds. The van der Waals surface area contributed by atoms with Crippen molar-refractivity contribution in [3.05, 3.63) is 0 Å². The van der Waals surface area contributed by atoms with E-state index in [4.69, 9.17) is 11.1 Å². The molecule has 3 N–H and O–H groups in total. The number of nitrogens with one attached hydrogen (secondary N) is 1. The number of halogens is 3. The minimum absolute atomic E-state index is 0.196. The number of hydrogen-bond acceptors (Lipinski definition) is 3. The minimum atomic E-state index is -4.42. The van der Waals surface area contributed by atoms with Crippen molar-refractivity contribution in [1.82, 2.24) is 9.80 Å². The van der Waals surface area contributed by atoms with Crippen molar-refractivity contribution in [3.63, 3.8) is 0 Å². The van der Waals surface area contributed by atoms with Crippen molar-refractivity contribution in [1.29, 1.82) is 5.41 Å². The zero-order valence-corrected chi connectivity index (χ0v) is 10.6. The van der Waals surface area contributed by atoms with E-state index < -0.39 is 17.9 Å². The molecule has 1 aliphatic rings. The van der Waals surface area contributed by atoms with Gasteiger partial charge in [-0.15, -0.1) is 0 Å². The van der Waals surface area contributed by atoms with E-state index in [1.54, 1.807) is 4.90 Å². The average molecular weight is 266 g/mol. The molecule has 1 aliphatic heterocycles. The van der Waals surface area contributed by atoms with Gasteiger partial charge in [0.05, 0.1) is 0 Å². The number of nitrogens with two attached hydrogens (primary N) is 1. The molecular formula is C11H21F3N4. The van der Waals surface area contributed by atoms with Crippen LogP contribution in [-0.4, -0.2) is 61.1 Å². The van der Waals surface area contributed by atoms with Crippen LogP contribution in [0.5, 0.6) is 0 Å². The Morgan fingerprint density at radius 3 is 2.11 bits per heavy atom. The lowest BCUT2D eigenvalue weighted by Gasteiger charge is -2.36. The normalized spacial score (nSPS) is 20.9. The average Bonchev–Trinajstić information content (AvgIpc) is 2.26. The molecule has 106 valence electrons. The Labute approximate surface area is 105 Å². The van der Waals surface area contributed by atoms with E-state index >= 15 is 0 Å². The predicted octanol–water partition coefficient (Wildman–Crippen LogP) is 1.13. The summed E-state index contributed by atoms with van der Waals surface area (Å²) < 4.78 is 38.0. The summed E-state index contributed by atoms with van der Waals surface area (Å²) in [6.07, 6.45) is -3.37. The molecule has 0 aliphatic carbocycles. The van der Waals surface area contributed by atoms with Crippen LogP contribution in [-0.2, 0) is 0 Å². The maximum Gasteiger partial charge on any atom is 0.399 e. The molecule has 1 atom stereocenters. The lowest BCUT2D eigenvalue weighted by molar-refractivity contribution is -0.160. The van der Waals surface area contributed by atoms with E-state index in [1.807, 2.05) is 0 Å². The number of nitrogens with zero attached hydrogens (tertiary/aromatic N) is 2. The van der Waals surface area contributed by atoms with Gasteiger partial charge in [0.2, 0.25) is 0 Å². The second kappa shape index (κ2) is 6.38. The predicted molar refractivity (Wildman–Crippen MR) is 64.6 cm³/mol. The molecule has 0 saturated carbocycles. The van der Waals surface area contributed by atoms with Crippen molar-refractivity contribution in [2.45, 2.75) is 19.5 Å². The molecule has 1 fully saturated rings. The van der Waals surface area contributed by atoms with E-state index in [0.717, 1.165) is 26.1 Å². The topological polar surface area (TPSA) is 56.4 Å². The first kappa shape index (κ1) is 15.2. The Kier molecular flexibility index (Phi) is 5.40. The highest BCUT2D eigenvalue weighted by Gasteiger charge is 2.43. The van der Waals surface area contributed by atoms with Gasteiger partial charge >= 0.3 is 6.18 Å². The molecule has 1 saturated heterocycles. The largest absolute Gasteiger partial charge is 0.399 e. The van der Waals surface area contributed by atoms with Gasteiger partial charge in [-0.05, 0) is 13.0 Å². The molecule has 4 nitrogen and oxygen atoms in total. The highest BCUT2D eigenvalue weighted by Crippen LogP contribution is 2.27. The van der Waals surface area contributed by atoms with E-state index in [9.17, 15) is 13.2 Å². The third kappa shape index (κ3) is 4.45. The molecule has 1 unspecified atom stereocenters. The standard InChI is InChI=1S/C11H21F3N4/c1-2-3-17-4-6-18(7-5-17)8-9(10(15)16)11(12,13)14/h9H,2-8H2,1H3,(H3,15,16). The number of amidine groups is 1. The molecular weight excluding hydrogens is 245 g/mol. The fourth-order valence-electron chi connectivity index (χ4n) is 2.15. The molecule has 0 bridgehead atoms. The fraction of sp³-hybridized carbons (Fsp3) is 0.909. The van der Waals surface area contributed by atoms with Crippen molar-refractivity contribution in [2.75, 3.05) is 39.3 Å². The second-order valence-corrected chi connectivity index (χ2v) is 4.69. The molecule has 0 aromatic rings. The van der Waals surface area contributed by atoms with E-state index in [-0.39, 0.29) is 6.54 Å². The smallest absolute Gasteiger partial charge is 0.387 e. The Morgan fingerprint density at radius 2 is 1.72 bits per heavy atom. The van der Waals surface area contributed by atoms with Gasteiger partial charge in [-0.25, -0.2) is 0 Å². The maximum absolute atomic E-state index is 12.7. The van der Waals surface area contributed by atoms with Crippen molar-refractivity contribution >= 4 is 5.84 Å². The molecule has 0 aromatic heterocycles. The number of hydrogen-bond donors (Lipinski definition) is 2. The van der Waals surface area contributed by atoms with Gasteiger partial charge in [0.15, 0.2) is 0 Å². The monoisotopic (exact) mass is 266 g/mol. The van der Waals surface area contributed by atoms with Gasteiger partial charge < -0.3 is 10.6 Å². The third-order valence-corrected chi connectivity index (χ3v) is 3.22. The Hall–Kier alpha value is -0.820. The van der Waals surface area contributed by atoms with Gasteiger partial charge in [0.1, 0.15) is 11.8 Å². The summed E-state index contributed by atoms with van der Waals surface area (Å²) in [7, 11) is 0. The summed E-state index contributed by atoms with van der Waals surface area (Å²) in [5, 5.41) is 7.05. The van der Waals surface area contributed by atoms with Crippen LogP contribution in [0.4, 0.5) is 13.2 Å². The summed E-state index contributed by atoms with van der Waals surface area (Å²) in [6, 6.07) is 0. The first-order valence-corrected chi connectivity index (χ1v) is 6.20. The highest BCUT2D eigenvalue weighted by atomic mass is 19.4. The Balaban J connectivity index is 2.46. The van der Waals surface area contributed by atoms with Gasteiger partial charge in [-0.2, -0.15) is 13.2 Å². The Morgan fingerprint density at radius 1 is 1.22 bits per heavy atom. The van der Waals surface area contributed by atoms with E-state index in [0.29, 0.717) is 13.1 Å². The van der Waals surface area contributed by atoms with Crippen LogP contribution in [0.15, 0.2) is 0 Å². The van der Waals surface area contributed by atoms with Crippen LogP contribution >= 0.6 is 0 Å². The molecule has 1 heterocycles. The molecule has 0 radical (unpaired) electrons. The number of piperazine rings is 1. The first-order chi connectivity index (χ1) is 8.34. The second-order valence-electron chi connectivity index (χ2n) is 4.69. The van der Waals surface area contributed by atoms with Gasteiger partial charge in [0.25, 0.3) is 0 Å². The minimum Gasteiger partial charge on any atom is -0.387 e. The molecule has 0 aromatic carbocycles. The zero-order valence-electron chi connectivity index (χ0n) is 10.6. The molecule has 0 spiro atoms. The SMILES string of the molecule is CCCN1CCN(CC(C(=N)N)C(F)(F)F)CC1. The quantitative estimate of drug-likeness (QED) is 0.579. The first-order valence-electron chi connectivity index (χ1n) is 6.20. The number of alkyl halides is 3. The fourth-order valence-corrected chi connectivity index (χ4v) is 2.15. The summed E-state index contributed by atoms with van der Waals surface area (Å²) in [6.45, 7) is 5.68. The lowest BCUT2D eigenvalue weighted by atomic mass is 10.1. The van der Waals surface area contributed by atoms with Crippen LogP contribution in [0.3, 0.4) is 0 Å². The van der Waals surface area contributed by atoms with Crippen molar-refractivity contribution in [2.24, 2.45) is 11.7 Å². The summed E-state index contributed by atoms with van der Waals surface area (Å²) in [5.74, 6) is -2.63. The van der Waals surface area contributed by atoms with Gasteiger partial charge in [-0.3, -0.25) is 10.3 Å². The van der Waals surface area contributed by atoms with Crippen molar-refractivity contribution < 1.29 is 13.2 Å². The molecule has 18 heavy (non-hydrogen) atoms. The highest BCUT2D eigenvalue weighted by molar-refractivity contribution is 5.80. The van der Waals surface area contributed by atoms with E-state index in [1.165, 1.54) is 0 Å². The Bertz CT molecular complexity index is 272. The van der Waals surface area contributed by atoms with E-state index in [2.05, 4.69) is 11.8 Å². The summed E-state index contributed by atoms with van der Waals surface area (Å²) in [4.78, 5) is 3.98. The lowest BCUT2D eigenvalue weighted by Crippen LogP contribution is -2.51. The maximum atomic E-state index is 12.7. The number of rotatable bonds is 5. The van der Waals surface area contributed by atoms with Crippen LogP contribution in [0.2, 0.25) is 0 Å². The third-order valence-electron chi connectivity index (χ3n) is 3.22.